The largest absolute Gasteiger partial charge is 0.320 e. The summed E-state index contributed by atoms with van der Waals surface area (Å²) in [4.78, 5) is 7.29. The fourth-order valence-corrected chi connectivity index (χ4v) is 3.99. The first-order valence-corrected chi connectivity index (χ1v) is 8.45. The number of aryl methyl sites for hydroxylation is 2. The highest BCUT2D eigenvalue weighted by Crippen LogP contribution is 2.31. The second-order valence-corrected chi connectivity index (χ2v) is 7.63. The van der Waals surface area contributed by atoms with Gasteiger partial charge in [-0.15, -0.1) is 22.9 Å². The van der Waals surface area contributed by atoms with Gasteiger partial charge >= 0.3 is 0 Å². The van der Waals surface area contributed by atoms with Crippen molar-refractivity contribution in [1.82, 2.24) is 9.55 Å². The number of hydrogen-bond donors (Lipinski definition) is 0. The van der Waals surface area contributed by atoms with Crippen molar-refractivity contribution >= 4 is 45.6 Å². The first-order valence-electron chi connectivity index (χ1n) is 6.82. The molecule has 0 N–H and O–H groups in total. The number of halogens is 2. The smallest absolute Gasteiger partial charge is 0.128 e. The highest BCUT2D eigenvalue weighted by Gasteiger charge is 2.17. The molecular formula is C16H16Cl2N2S. The van der Waals surface area contributed by atoms with Gasteiger partial charge in [-0.1, -0.05) is 17.7 Å². The molecule has 0 saturated heterocycles. The van der Waals surface area contributed by atoms with E-state index in [0.29, 0.717) is 5.02 Å². The Bertz CT molecular complexity index is 783. The molecule has 0 aliphatic rings. The van der Waals surface area contributed by atoms with Crippen LogP contribution in [0.4, 0.5) is 0 Å². The molecule has 3 aromatic rings. The zero-order valence-corrected chi connectivity index (χ0v) is 14.5. The molecule has 1 unspecified atom stereocenters. The Kier molecular flexibility index (Phi) is 4.00. The average molecular weight is 339 g/mol. The van der Waals surface area contributed by atoms with Crippen molar-refractivity contribution in [2.24, 2.45) is 0 Å². The van der Waals surface area contributed by atoms with Crippen LogP contribution in [-0.4, -0.2) is 9.55 Å². The number of aromatic nitrogens is 2. The van der Waals surface area contributed by atoms with E-state index >= 15 is 0 Å². The van der Waals surface area contributed by atoms with Crippen LogP contribution >= 0.6 is 34.5 Å². The van der Waals surface area contributed by atoms with Gasteiger partial charge in [-0.2, -0.15) is 0 Å². The van der Waals surface area contributed by atoms with Crippen molar-refractivity contribution in [3.63, 3.8) is 0 Å². The number of para-hydroxylation sites is 1. The summed E-state index contributed by atoms with van der Waals surface area (Å²) in [5.41, 5.74) is 3.19. The van der Waals surface area contributed by atoms with Crippen LogP contribution in [0.2, 0.25) is 5.02 Å². The van der Waals surface area contributed by atoms with E-state index in [9.17, 15) is 0 Å². The molecule has 0 aliphatic heterocycles. The van der Waals surface area contributed by atoms with E-state index in [1.54, 1.807) is 0 Å². The number of nitrogens with zero attached hydrogens (tertiary/aromatic N) is 2. The number of benzene rings is 1. The maximum Gasteiger partial charge on any atom is 0.128 e. The Morgan fingerprint density at radius 1 is 1.33 bits per heavy atom. The van der Waals surface area contributed by atoms with Gasteiger partial charge in [0.05, 0.1) is 28.0 Å². The van der Waals surface area contributed by atoms with E-state index in [2.05, 4.69) is 29.5 Å². The monoisotopic (exact) mass is 338 g/mol. The Morgan fingerprint density at radius 3 is 2.71 bits per heavy atom. The highest BCUT2D eigenvalue weighted by atomic mass is 35.5. The van der Waals surface area contributed by atoms with Crippen LogP contribution in [0.3, 0.4) is 0 Å². The highest BCUT2D eigenvalue weighted by molar-refractivity contribution is 7.12. The summed E-state index contributed by atoms with van der Waals surface area (Å²) in [6, 6.07) is 8.02. The van der Waals surface area contributed by atoms with Crippen LogP contribution in [0.15, 0.2) is 24.3 Å². The molecule has 2 nitrogen and oxygen atoms in total. The molecule has 0 amide bonds. The molecule has 5 heteroatoms. The van der Waals surface area contributed by atoms with Crippen LogP contribution in [0.1, 0.15) is 33.4 Å². The molecule has 0 radical (unpaired) electrons. The fourth-order valence-electron chi connectivity index (χ4n) is 2.51. The summed E-state index contributed by atoms with van der Waals surface area (Å²) >= 11 is 14.5. The summed E-state index contributed by atoms with van der Waals surface area (Å²) in [7, 11) is 0. The van der Waals surface area contributed by atoms with Crippen LogP contribution in [0, 0.1) is 13.8 Å². The standard InChI is InChI=1S/C16H16Cl2N2S/c1-9-7-12(21-11(9)3)8-20-15-13(18)5-4-6-14(15)19-16(20)10(2)17/h4-7,10H,8H2,1-3H3. The maximum absolute atomic E-state index is 6.38. The summed E-state index contributed by atoms with van der Waals surface area (Å²) in [5.74, 6) is 0.864. The molecule has 2 aromatic heterocycles. The van der Waals surface area contributed by atoms with Crippen LogP contribution in [-0.2, 0) is 6.54 Å². The number of imidazole rings is 1. The fraction of sp³-hybridized carbons (Fsp3) is 0.312. The Labute approximate surface area is 138 Å². The summed E-state index contributed by atoms with van der Waals surface area (Å²) in [6.45, 7) is 6.98. The lowest BCUT2D eigenvalue weighted by Gasteiger charge is -2.10. The Balaban J connectivity index is 2.17. The van der Waals surface area contributed by atoms with Gasteiger partial charge in [-0.3, -0.25) is 0 Å². The van der Waals surface area contributed by atoms with E-state index < -0.39 is 0 Å². The SMILES string of the molecule is Cc1cc(Cn2c(C(C)Cl)nc3cccc(Cl)c32)sc1C. The molecule has 3 rings (SSSR count). The number of hydrogen-bond acceptors (Lipinski definition) is 2. The minimum absolute atomic E-state index is 0.157. The van der Waals surface area contributed by atoms with Crippen LogP contribution in [0.5, 0.6) is 0 Å². The number of rotatable bonds is 3. The van der Waals surface area contributed by atoms with Crippen molar-refractivity contribution in [2.75, 3.05) is 0 Å². The van der Waals surface area contributed by atoms with Gasteiger partial charge in [0.15, 0.2) is 0 Å². The third-order valence-corrected chi connectivity index (χ3v) is 5.27. The van der Waals surface area contributed by atoms with Crippen molar-refractivity contribution in [3.05, 3.63) is 50.4 Å². The summed E-state index contributed by atoms with van der Waals surface area (Å²) in [5, 5.41) is 0.559. The van der Waals surface area contributed by atoms with Gasteiger partial charge in [0.25, 0.3) is 0 Å². The number of thiophene rings is 1. The van der Waals surface area contributed by atoms with Gasteiger partial charge in [0.1, 0.15) is 5.82 Å². The van der Waals surface area contributed by atoms with Crippen molar-refractivity contribution in [1.29, 1.82) is 0 Å². The number of fused-ring (bicyclic) bond motifs is 1. The van der Waals surface area contributed by atoms with E-state index in [4.69, 9.17) is 23.2 Å². The predicted octanol–water partition coefficient (Wildman–Crippen LogP) is 5.72. The van der Waals surface area contributed by atoms with Gasteiger partial charge in [-0.05, 0) is 44.5 Å². The van der Waals surface area contributed by atoms with Gasteiger partial charge in [-0.25, -0.2) is 4.98 Å². The molecule has 0 spiro atoms. The summed E-state index contributed by atoms with van der Waals surface area (Å²) in [6.07, 6.45) is 0. The zero-order chi connectivity index (χ0) is 15.1. The first kappa shape index (κ1) is 14.9. The quantitative estimate of drug-likeness (QED) is 0.558. The molecule has 0 saturated carbocycles. The molecule has 1 atom stereocenters. The normalized spacial score (nSPS) is 13.0. The third kappa shape index (κ3) is 2.70. The first-order chi connectivity index (χ1) is 9.97. The summed E-state index contributed by atoms with van der Waals surface area (Å²) < 4.78 is 2.14. The molecule has 0 bridgehead atoms. The maximum atomic E-state index is 6.38. The van der Waals surface area contributed by atoms with Crippen molar-refractivity contribution in [3.8, 4) is 0 Å². The van der Waals surface area contributed by atoms with E-state index in [0.717, 1.165) is 23.4 Å². The van der Waals surface area contributed by atoms with Crippen molar-refractivity contribution in [2.45, 2.75) is 32.7 Å². The lowest BCUT2D eigenvalue weighted by atomic mass is 10.2. The molecular weight excluding hydrogens is 323 g/mol. The van der Waals surface area contributed by atoms with Gasteiger partial charge in [0, 0.05) is 9.75 Å². The van der Waals surface area contributed by atoms with Gasteiger partial charge in [0.2, 0.25) is 0 Å². The van der Waals surface area contributed by atoms with E-state index in [-0.39, 0.29) is 5.38 Å². The lowest BCUT2D eigenvalue weighted by molar-refractivity contribution is 0.750. The third-order valence-electron chi connectivity index (χ3n) is 3.63. The van der Waals surface area contributed by atoms with Crippen LogP contribution < -0.4 is 0 Å². The van der Waals surface area contributed by atoms with Crippen molar-refractivity contribution < 1.29 is 0 Å². The molecule has 2 heterocycles. The van der Waals surface area contributed by atoms with Gasteiger partial charge < -0.3 is 4.57 Å². The van der Waals surface area contributed by atoms with E-state index in [1.807, 2.05) is 36.5 Å². The molecule has 110 valence electrons. The Hall–Kier alpha value is -1.03. The number of alkyl halides is 1. The second kappa shape index (κ2) is 5.64. The molecule has 21 heavy (non-hydrogen) atoms. The Morgan fingerprint density at radius 2 is 2.10 bits per heavy atom. The average Bonchev–Trinajstić information content (AvgIpc) is 2.93. The molecule has 1 aromatic carbocycles. The molecule has 0 fully saturated rings. The second-order valence-electron chi connectivity index (χ2n) is 5.23. The predicted molar refractivity (Wildman–Crippen MR) is 91.9 cm³/mol. The van der Waals surface area contributed by atoms with E-state index in [1.165, 1.54) is 15.3 Å². The lowest BCUT2D eigenvalue weighted by Crippen LogP contribution is -2.05. The minimum atomic E-state index is -0.157. The van der Waals surface area contributed by atoms with Crippen LogP contribution in [0.25, 0.3) is 11.0 Å². The topological polar surface area (TPSA) is 17.8 Å². The molecule has 0 aliphatic carbocycles. The minimum Gasteiger partial charge on any atom is -0.320 e. The zero-order valence-electron chi connectivity index (χ0n) is 12.2.